The lowest BCUT2D eigenvalue weighted by molar-refractivity contribution is 0.276. The lowest BCUT2D eigenvalue weighted by atomic mass is 9.85. The number of ether oxygens (including phenoxy) is 1. The Morgan fingerprint density at radius 1 is 1.00 bits per heavy atom. The molecule has 0 amide bonds. The molecule has 0 aromatic carbocycles. The molecule has 2 rings (SSSR count). The van der Waals surface area contributed by atoms with Crippen LogP contribution < -0.4 is 0 Å². The Morgan fingerprint density at radius 3 is 2.50 bits per heavy atom. The molecule has 0 radical (unpaired) electrons. The summed E-state index contributed by atoms with van der Waals surface area (Å²) in [5.74, 6) is 0.953. The van der Waals surface area contributed by atoms with Gasteiger partial charge in [0.25, 0.3) is 0 Å². The summed E-state index contributed by atoms with van der Waals surface area (Å²) in [6.07, 6.45) is 12.2. The fraction of sp³-hybridized carbons (Fsp3) is 1.00. The van der Waals surface area contributed by atoms with Crippen molar-refractivity contribution in [1.82, 2.24) is 0 Å². The minimum absolute atomic E-state index is 0.652. The molecule has 3 atom stereocenters. The molecule has 0 aromatic rings. The molecular formula is C14H28O3Si. The zero-order chi connectivity index (χ0) is 12.8. The monoisotopic (exact) mass is 272 g/mol. The number of hydrogen-bond acceptors (Lipinski definition) is 3. The van der Waals surface area contributed by atoms with E-state index in [1.54, 1.807) is 14.2 Å². The van der Waals surface area contributed by atoms with Crippen molar-refractivity contribution >= 4 is 9.28 Å². The van der Waals surface area contributed by atoms with Gasteiger partial charge in [0.05, 0.1) is 12.2 Å². The van der Waals surface area contributed by atoms with Gasteiger partial charge in [-0.15, -0.1) is 0 Å². The van der Waals surface area contributed by atoms with E-state index in [2.05, 4.69) is 0 Å². The molecule has 1 saturated heterocycles. The summed E-state index contributed by atoms with van der Waals surface area (Å²) in [7, 11) is 2.26. The van der Waals surface area contributed by atoms with E-state index < -0.39 is 9.28 Å². The van der Waals surface area contributed by atoms with Crippen LogP contribution in [-0.4, -0.2) is 35.7 Å². The van der Waals surface area contributed by atoms with Crippen molar-refractivity contribution in [3.05, 3.63) is 0 Å². The van der Waals surface area contributed by atoms with E-state index in [0.717, 1.165) is 12.0 Å². The Labute approximate surface area is 113 Å². The molecule has 0 N–H and O–H groups in total. The predicted molar refractivity (Wildman–Crippen MR) is 75.1 cm³/mol. The Morgan fingerprint density at radius 2 is 1.78 bits per heavy atom. The second kappa shape index (κ2) is 7.63. The molecule has 3 unspecified atom stereocenters. The highest BCUT2D eigenvalue weighted by molar-refractivity contribution is 6.44. The van der Waals surface area contributed by atoms with Crippen LogP contribution in [0.1, 0.15) is 51.4 Å². The van der Waals surface area contributed by atoms with Crippen LogP contribution in [-0.2, 0) is 13.6 Å². The smallest absolute Gasteiger partial charge is 0.320 e. The zero-order valence-corrected chi connectivity index (χ0v) is 13.1. The van der Waals surface area contributed by atoms with Crippen LogP contribution in [0.3, 0.4) is 0 Å². The summed E-state index contributed by atoms with van der Waals surface area (Å²) in [5.41, 5.74) is 0. The highest BCUT2D eigenvalue weighted by atomic mass is 28.3. The van der Waals surface area contributed by atoms with Gasteiger partial charge in [-0.3, -0.25) is 0 Å². The fourth-order valence-electron chi connectivity index (χ4n) is 3.18. The number of epoxide rings is 1. The summed E-state index contributed by atoms with van der Waals surface area (Å²) in [6.45, 7) is 0. The van der Waals surface area contributed by atoms with Crippen LogP contribution in [0.15, 0.2) is 0 Å². The molecule has 1 aliphatic heterocycles. The van der Waals surface area contributed by atoms with E-state index in [1.807, 2.05) is 0 Å². The van der Waals surface area contributed by atoms with Crippen molar-refractivity contribution in [1.29, 1.82) is 0 Å². The van der Waals surface area contributed by atoms with Crippen LogP contribution in [0.2, 0.25) is 6.04 Å². The van der Waals surface area contributed by atoms with Gasteiger partial charge in [0.1, 0.15) is 0 Å². The maximum atomic E-state index is 5.58. The van der Waals surface area contributed by atoms with Crippen LogP contribution in [0.5, 0.6) is 0 Å². The average Bonchev–Trinajstić information content (AvgIpc) is 3.16. The molecule has 2 aliphatic rings. The Bertz CT molecular complexity index is 233. The van der Waals surface area contributed by atoms with E-state index in [0.29, 0.717) is 12.2 Å². The maximum absolute atomic E-state index is 5.58. The van der Waals surface area contributed by atoms with Gasteiger partial charge in [0, 0.05) is 14.2 Å². The quantitative estimate of drug-likeness (QED) is 0.367. The average molecular weight is 272 g/mol. The molecule has 4 heteroatoms. The minimum Gasteiger partial charge on any atom is -0.400 e. The van der Waals surface area contributed by atoms with E-state index in [4.69, 9.17) is 13.6 Å². The number of hydrogen-bond donors (Lipinski definition) is 0. The van der Waals surface area contributed by atoms with E-state index >= 15 is 0 Å². The summed E-state index contributed by atoms with van der Waals surface area (Å²) < 4.78 is 16.2. The van der Waals surface area contributed by atoms with Gasteiger partial charge in [0.2, 0.25) is 0 Å². The van der Waals surface area contributed by atoms with Crippen LogP contribution >= 0.6 is 0 Å². The van der Waals surface area contributed by atoms with Crippen molar-refractivity contribution in [3.63, 3.8) is 0 Å². The molecule has 1 saturated carbocycles. The second-order valence-electron chi connectivity index (χ2n) is 5.78. The highest BCUT2D eigenvalue weighted by Gasteiger charge is 2.43. The van der Waals surface area contributed by atoms with E-state index in [1.165, 1.54) is 51.4 Å². The lowest BCUT2D eigenvalue weighted by Crippen LogP contribution is -2.18. The lowest BCUT2D eigenvalue weighted by Gasteiger charge is -2.18. The van der Waals surface area contributed by atoms with Crippen LogP contribution in [0, 0.1) is 5.92 Å². The van der Waals surface area contributed by atoms with Crippen molar-refractivity contribution < 1.29 is 13.6 Å². The fourth-order valence-corrected chi connectivity index (χ4v) is 4.46. The molecule has 0 spiro atoms. The second-order valence-corrected chi connectivity index (χ2v) is 8.16. The van der Waals surface area contributed by atoms with Gasteiger partial charge >= 0.3 is 9.28 Å². The van der Waals surface area contributed by atoms with Crippen molar-refractivity contribution in [2.75, 3.05) is 14.2 Å². The third-order valence-corrected chi connectivity index (χ3v) is 6.37. The molecular weight excluding hydrogens is 244 g/mol. The molecule has 106 valence electrons. The largest absolute Gasteiger partial charge is 0.400 e. The highest BCUT2D eigenvalue weighted by Crippen LogP contribution is 2.41. The first-order valence-electron chi connectivity index (χ1n) is 7.54. The van der Waals surface area contributed by atoms with Crippen LogP contribution in [0.4, 0.5) is 0 Å². The van der Waals surface area contributed by atoms with Crippen molar-refractivity contribution in [2.45, 2.75) is 69.6 Å². The third kappa shape index (κ3) is 4.65. The first kappa shape index (κ1) is 14.5. The maximum Gasteiger partial charge on any atom is 0.320 e. The summed E-state index contributed by atoms with van der Waals surface area (Å²) >= 11 is 0. The SMILES string of the molecule is CO[SiH](CCCCCCC1CCC2OC2C1)OC. The standard InChI is InChI=1S/C14H28O3Si/c1-15-18(16-2)10-6-4-3-5-7-12-8-9-13-14(11-12)17-13/h12-14,18H,3-11H2,1-2H3. The zero-order valence-electron chi connectivity index (χ0n) is 11.9. The number of fused-ring (bicyclic) bond motifs is 1. The summed E-state index contributed by atoms with van der Waals surface area (Å²) in [5, 5.41) is 0. The van der Waals surface area contributed by atoms with Gasteiger partial charge in [-0.2, -0.15) is 0 Å². The third-order valence-electron chi connectivity index (χ3n) is 4.44. The Hall–Kier alpha value is 0.0969. The molecule has 18 heavy (non-hydrogen) atoms. The van der Waals surface area contributed by atoms with Crippen LogP contribution in [0.25, 0.3) is 0 Å². The molecule has 0 bridgehead atoms. The Kier molecular flexibility index (Phi) is 6.15. The van der Waals surface area contributed by atoms with E-state index in [9.17, 15) is 0 Å². The molecule has 0 aromatic heterocycles. The predicted octanol–water partition coefficient (Wildman–Crippen LogP) is 3.02. The first-order chi connectivity index (χ1) is 8.83. The topological polar surface area (TPSA) is 31.0 Å². The van der Waals surface area contributed by atoms with Gasteiger partial charge in [-0.05, 0) is 31.2 Å². The molecule has 1 heterocycles. The minimum atomic E-state index is -1.29. The van der Waals surface area contributed by atoms with Crippen molar-refractivity contribution in [3.8, 4) is 0 Å². The summed E-state index contributed by atoms with van der Waals surface area (Å²) in [6, 6.07) is 1.16. The normalized spacial score (nSPS) is 30.5. The van der Waals surface area contributed by atoms with Gasteiger partial charge in [0.15, 0.2) is 0 Å². The molecule has 3 nitrogen and oxygen atoms in total. The number of rotatable bonds is 9. The molecule has 2 fully saturated rings. The van der Waals surface area contributed by atoms with Gasteiger partial charge < -0.3 is 13.6 Å². The molecule has 1 aliphatic carbocycles. The summed E-state index contributed by atoms with van der Waals surface area (Å²) in [4.78, 5) is 0. The van der Waals surface area contributed by atoms with Gasteiger partial charge in [-0.1, -0.05) is 32.1 Å². The Balaban J connectivity index is 1.41. The number of unbranched alkanes of at least 4 members (excludes halogenated alkanes) is 3. The first-order valence-corrected chi connectivity index (χ1v) is 9.30. The van der Waals surface area contributed by atoms with Gasteiger partial charge in [-0.25, -0.2) is 0 Å². The van der Waals surface area contributed by atoms with E-state index in [-0.39, 0.29) is 0 Å². The van der Waals surface area contributed by atoms with Crippen molar-refractivity contribution in [2.24, 2.45) is 5.92 Å².